The molecule has 0 saturated heterocycles. The third-order valence-electron chi connectivity index (χ3n) is 3.61. The van der Waals surface area contributed by atoms with Crippen molar-refractivity contribution in [1.82, 2.24) is 0 Å². The molecule has 0 fully saturated rings. The summed E-state index contributed by atoms with van der Waals surface area (Å²) in [7, 11) is 0. The maximum atomic E-state index is 12.3. The number of aliphatic carboxylic acids is 1. The number of carbonyl (C=O) groups excluding carboxylic acids is 1. The van der Waals surface area contributed by atoms with E-state index in [0.29, 0.717) is 27.5 Å². The predicted molar refractivity (Wildman–Crippen MR) is 90.1 cm³/mol. The maximum Gasteiger partial charge on any atom is 0.323 e. The van der Waals surface area contributed by atoms with Gasteiger partial charge < -0.3 is 10.2 Å². The van der Waals surface area contributed by atoms with E-state index in [0.717, 1.165) is 0 Å². The minimum atomic E-state index is -1.11. The van der Waals surface area contributed by atoms with Crippen molar-refractivity contribution >= 4 is 34.9 Å². The Hall–Kier alpha value is -2.86. The highest BCUT2D eigenvalue weighted by molar-refractivity contribution is 6.32. The SMILES string of the molecule is O=C(O)CN1C(=O)CN=C(c2ccc(O)cc2)c2cc(Cl)ccc21. The summed E-state index contributed by atoms with van der Waals surface area (Å²) in [4.78, 5) is 28.9. The van der Waals surface area contributed by atoms with Crippen LogP contribution in [0.3, 0.4) is 0 Å². The molecule has 24 heavy (non-hydrogen) atoms. The second kappa shape index (κ2) is 6.33. The Morgan fingerprint density at radius 1 is 1.21 bits per heavy atom. The van der Waals surface area contributed by atoms with Crippen LogP contribution in [0, 0.1) is 0 Å². The summed E-state index contributed by atoms with van der Waals surface area (Å²) in [5.74, 6) is -1.41. The summed E-state index contributed by atoms with van der Waals surface area (Å²) in [6.07, 6.45) is 0. The lowest BCUT2D eigenvalue weighted by Crippen LogP contribution is -2.37. The molecule has 0 aliphatic carbocycles. The van der Waals surface area contributed by atoms with Gasteiger partial charge in [-0.1, -0.05) is 11.6 Å². The molecule has 0 aromatic heterocycles. The number of carboxylic acids is 1. The van der Waals surface area contributed by atoms with Crippen molar-refractivity contribution in [2.75, 3.05) is 18.0 Å². The molecule has 1 aliphatic rings. The summed E-state index contributed by atoms with van der Waals surface area (Å²) in [6.45, 7) is -0.623. The molecular formula is C17H13ClN2O4. The van der Waals surface area contributed by atoms with E-state index in [-0.39, 0.29) is 12.3 Å². The van der Waals surface area contributed by atoms with Crippen LogP contribution in [-0.2, 0) is 9.59 Å². The molecule has 2 aromatic rings. The average Bonchev–Trinajstić information content (AvgIpc) is 2.66. The van der Waals surface area contributed by atoms with E-state index in [1.54, 1.807) is 30.3 Å². The number of phenolic OH excluding ortho intramolecular Hbond substituents is 1. The molecule has 1 aliphatic heterocycles. The second-order valence-electron chi connectivity index (χ2n) is 5.25. The highest BCUT2D eigenvalue weighted by Gasteiger charge is 2.26. The van der Waals surface area contributed by atoms with Gasteiger partial charge in [0.2, 0.25) is 5.91 Å². The van der Waals surface area contributed by atoms with E-state index >= 15 is 0 Å². The molecule has 7 heteroatoms. The first-order chi connectivity index (χ1) is 11.5. The van der Waals surface area contributed by atoms with Crippen molar-refractivity contribution in [3.63, 3.8) is 0 Å². The molecule has 2 aromatic carbocycles. The van der Waals surface area contributed by atoms with Crippen LogP contribution < -0.4 is 4.90 Å². The van der Waals surface area contributed by atoms with Crippen LogP contribution in [0.4, 0.5) is 5.69 Å². The minimum absolute atomic E-state index is 0.114. The third kappa shape index (κ3) is 3.09. The quantitative estimate of drug-likeness (QED) is 0.894. The number of fused-ring (bicyclic) bond motifs is 1. The lowest BCUT2D eigenvalue weighted by Gasteiger charge is -2.21. The van der Waals surface area contributed by atoms with Crippen molar-refractivity contribution in [2.24, 2.45) is 4.99 Å². The Labute approximate surface area is 142 Å². The molecule has 122 valence electrons. The summed E-state index contributed by atoms with van der Waals surface area (Å²) >= 11 is 6.08. The van der Waals surface area contributed by atoms with Crippen LogP contribution in [0.2, 0.25) is 5.02 Å². The molecule has 1 heterocycles. The number of carbonyl (C=O) groups is 2. The van der Waals surface area contributed by atoms with Crippen molar-refractivity contribution in [1.29, 1.82) is 0 Å². The van der Waals surface area contributed by atoms with Crippen molar-refractivity contribution in [2.45, 2.75) is 0 Å². The van der Waals surface area contributed by atoms with Crippen molar-refractivity contribution in [3.8, 4) is 5.75 Å². The number of carboxylic acid groups (broad SMARTS) is 1. The molecule has 0 spiro atoms. The largest absolute Gasteiger partial charge is 0.508 e. The van der Waals surface area contributed by atoms with Gasteiger partial charge in [0.15, 0.2) is 0 Å². The summed E-state index contributed by atoms with van der Waals surface area (Å²) in [6, 6.07) is 11.2. The van der Waals surface area contributed by atoms with Gasteiger partial charge in [0.25, 0.3) is 0 Å². The monoisotopic (exact) mass is 344 g/mol. The first-order valence-corrected chi connectivity index (χ1v) is 7.49. The Morgan fingerprint density at radius 3 is 2.58 bits per heavy atom. The first kappa shape index (κ1) is 16.0. The zero-order valence-electron chi connectivity index (χ0n) is 12.4. The zero-order valence-corrected chi connectivity index (χ0v) is 13.2. The fourth-order valence-corrected chi connectivity index (χ4v) is 2.73. The lowest BCUT2D eigenvalue weighted by atomic mass is 10.00. The number of anilines is 1. The number of hydrogen-bond donors (Lipinski definition) is 2. The fraction of sp³-hybridized carbons (Fsp3) is 0.118. The van der Waals surface area contributed by atoms with Gasteiger partial charge in [-0.2, -0.15) is 0 Å². The number of halogens is 1. The van der Waals surface area contributed by atoms with Gasteiger partial charge in [0.05, 0.1) is 11.4 Å². The summed E-state index contributed by atoms with van der Waals surface area (Å²) in [5, 5.41) is 19.0. The molecule has 0 unspecified atom stereocenters. The smallest absolute Gasteiger partial charge is 0.323 e. The first-order valence-electron chi connectivity index (χ1n) is 7.11. The lowest BCUT2D eigenvalue weighted by molar-refractivity contribution is -0.136. The van der Waals surface area contributed by atoms with Crippen LogP contribution in [-0.4, -0.2) is 40.9 Å². The third-order valence-corrected chi connectivity index (χ3v) is 3.85. The Kier molecular flexibility index (Phi) is 4.22. The van der Waals surface area contributed by atoms with Crippen molar-refractivity contribution in [3.05, 3.63) is 58.6 Å². The molecule has 0 bridgehead atoms. The number of phenols is 1. The molecule has 0 atom stereocenters. The highest BCUT2D eigenvalue weighted by Crippen LogP contribution is 2.30. The zero-order chi connectivity index (χ0) is 17.3. The number of rotatable bonds is 3. The fourth-order valence-electron chi connectivity index (χ4n) is 2.56. The standard InChI is InChI=1S/C17H13ClN2O4/c18-11-3-6-14-13(7-11)17(10-1-4-12(21)5-2-10)19-8-15(22)20(14)9-16(23)24/h1-7,21H,8-9H2,(H,23,24). The number of amides is 1. The Balaban J connectivity index is 2.17. The predicted octanol–water partition coefficient (Wildman–Crippen LogP) is 2.31. The number of aliphatic imine (C=N–C) groups is 1. The Morgan fingerprint density at radius 2 is 1.92 bits per heavy atom. The molecular weight excluding hydrogens is 332 g/mol. The molecule has 2 N–H and O–H groups in total. The minimum Gasteiger partial charge on any atom is -0.508 e. The average molecular weight is 345 g/mol. The van der Waals surface area contributed by atoms with E-state index in [4.69, 9.17) is 16.7 Å². The summed E-state index contributed by atoms with van der Waals surface area (Å²) < 4.78 is 0. The van der Waals surface area contributed by atoms with Crippen LogP contribution in [0.15, 0.2) is 47.5 Å². The van der Waals surface area contributed by atoms with Gasteiger partial charge in [-0.15, -0.1) is 0 Å². The van der Waals surface area contributed by atoms with E-state index in [1.807, 2.05) is 0 Å². The maximum absolute atomic E-state index is 12.3. The molecule has 1 amide bonds. The number of hydrogen-bond acceptors (Lipinski definition) is 4. The van der Waals surface area contributed by atoms with Crippen LogP contribution in [0.1, 0.15) is 11.1 Å². The van der Waals surface area contributed by atoms with E-state index in [2.05, 4.69) is 4.99 Å². The van der Waals surface area contributed by atoms with Gasteiger partial charge in [0.1, 0.15) is 18.8 Å². The number of benzene rings is 2. The van der Waals surface area contributed by atoms with Gasteiger partial charge in [-0.3, -0.25) is 19.5 Å². The van der Waals surface area contributed by atoms with E-state index in [9.17, 15) is 14.7 Å². The van der Waals surface area contributed by atoms with E-state index < -0.39 is 18.4 Å². The van der Waals surface area contributed by atoms with Crippen molar-refractivity contribution < 1.29 is 19.8 Å². The van der Waals surface area contributed by atoms with Gasteiger partial charge in [0, 0.05) is 16.1 Å². The Bertz CT molecular complexity index is 846. The topological polar surface area (TPSA) is 90.2 Å². The van der Waals surface area contributed by atoms with Crippen LogP contribution in [0.5, 0.6) is 5.75 Å². The number of aromatic hydroxyl groups is 1. The van der Waals surface area contributed by atoms with Crippen LogP contribution in [0.25, 0.3) is 0 Å². The van der Waals surface area contributed by atoms with Gasteiger partial charge >= 0.3 is 5.97 Å². The van der Waals surface area contributed by atoms with Gasteiger partial charge in [-0.05, 0) is 42.5 Å². The molecule has 3 rings (SSSR count). The normalized spacial score (nSPS) is 14.0. The van der Waals surface area contributed by atoms with E-state index in [1.165, 1.54) is 17.0 Å². The molecule has 0 radical (unpaired) electrons. The number of nitrogens with zero attached hydrogens (tertiary/aromatic N) is 2. The summed E-state index contributed by atoms with van der Waals surface area (Å²) in [5.41, 5.74) is 2.23. The van der Waals surface area contributed by atoms with Gasteiger partial charge in [-0.25, -0.2) is 0 Å². The molecule has 6 nitrogen and oxygen atoms in total. The second-order valence-corrected chi connectivity index (χ2v) is 5.68. The number of benzodiazepines with no additional fused rings is 1. The highest BCUT2D eigenvalue weighted by atomic mass is 35.5. The molecule has 0 saturated carbocycles. The van der Waals surface area contributed by atoms with Crippen LogP contribution >= 0.6 is 11.6 Å².